The minimum Gasteiger partial charge on any atom is -0.439 e. The molecule has 1 aliphatic rings. The summed E-state index contributed by atoms with van der Waals surface area (Å²) in [6.45, 7) is 2.47. The molecule has 0 aliphatic heterocycles. The predicted octanol–water partition coefficient (Wildman–Crippen LogP) is 3.74. The van der Waals surface area contributed by atoms with Gasteiger partial charge in [0.2, 0.25) is 5.89 Å². The highest BCUT2D eigenvalue weighted by molar-refractivity contribution is 7.09. The van der Waals surface area contributed by atoms with Gasteiger partial charge in [0, 0.05) is 23.2 Å². The van der Waals surface area contributed by atoms with Crippen LogP contribution < -0.4 is 5.32 Å². The Morgan fingerprint density at radius 2 is 2.29 bits per heavy atom. The van der Waals surface area contributed by atoms with Gasteiger partial charge in [0.15, 0.2) is 5.58 Å². The third kappa shape index (κ3) is 3.02. The number of aryl methyl sites for hydroxylation is 1. The Labute approximate surface area is 141 Å². The number of rotatable bonds is 6. The molecule has 1 fully saturated rings. The monoisotopic (exact) mass is 344 g/mol. The summed E-state index contributed by atoms with van der Waals surface area (Å²) in [5.74, 6) is 1.14. The lowest BCUT2D eigenvalue weighted by Gasteiger charge is -2.14. The van der Waals surface area contributed by atoms with Crippen molar-refractivity contribution in [3.8, 4) is 0 Å². The number of fused-ring (bicyclic) bond motifs is 1. The van der Waals surface area contributed by atoms with Crippen LogP contribution in [0.3, 0.4) is 0 Å². The van der Waals surface area contributed by atoms with E-state index < -0.39 is 4.92 Å². The van der Waals surface area contributed by atoms with E-state index in [2.05, 4.69) is 20.7 Å². The molecule has 7 nitrogen and oxygen atoms in total. The molecular weight excluding hydrogens is 328 g/mol. The van der Waals surface area contributed by atoms with Crippen LogP contribution in [0.2, 0.25) is 0 Å². The number of benzene rings is 1. The van der Waals surface area contributed by atoms with E-state index in [1.165, 1.54) is 25.0 Å². The fourth-order valence-electron chi connectivity index (χ4n) is 2.75. The standard InChI is InChI=1S/C16H16N4O3S/c1-9-8-24-16(18-9)15(10-2-3-10)17-7-14-19-12-6-11(20(21)22)4-5-13(12)23-14/h4-6,8,10,15,17H,2-3,7H2,1H3/t15-/m1/s1. The average Bonchev–Trinajstić information content (AvgIpc) is 3.16. The van der Waals surface area contributed by atoms with E-state index in [9.17, 15) is 10.1 Å². The first-order valence-electron chi connectivity index (χ1n) is 7.79. The highest BCUT2D eigenvalue weighted by Gasteiger charge is 2.34. The number of non-ortho nitro benzene ring substituents is 1. The lowest BCUT2D eigenvalue weighted by atomic mass is 10.2. The summed E-state index contributed by atoms with van der Waals surface area (Å²) in [7, 11) is 0. The second-order valence-corrected chi connectivity index (χ2v) is 6.93. The zero-order valence-electron chi connectivity index (χ0n) is 13.1. The Hall–Kier alpha value is -2.32. The van der Waals surface area contributed by atoms with Gasteiger partial charge in [-0.15, -0.1) is 11.3 Å². The first kappa shape index (κ1) is 15.2. The third-order valence-corrected chi connectivity index (χ3v) is 5.14. The molecule has 4 rings (SSSR count). The van der Waals surface area contributed by atoms with Crippen molar-refractivity contribution in [2.24, 2.45) is 5.92 Å². The molecule has 3 aromatic rings. The molecule has 0 unspecified atom stereocenters. The molecule has 24 heavy (non-hydrogen) atoms. The van der Waals surface area contributed by atoms with Gasteiger partial charge in [0.25, 0.3) is 5.69 Å². The van der Waals surface area contributed by atoms with Gasteiger partial charge in [0.1, 0.15) is 10.5 Å². The van der Waals surface area contributed by atoms with Crippen molar-refractivity contribution in [2.75, 3.05) is 0 Å². The van der Waals surface area contributed by atoms with Crippen molar-refractivity contribution in [1.29, 1.82) is 0 Å². The molecule has 2 aromatic heterocycles. The summed E-state index contributed by atoms with van der Waals surface area (Å²) >= 11 is 1.67. The van der Waals surface area contributed by atoms with Crippen LogP contribution in [0.15, 0.2) is 28.0 Å². The van der Waals surface area contributed by atoms with Gasteiger partial charge >= 0.3 is 0 Å². The summed E-state index contributed by atoms with van der Waals surface area (Å²) in [6, 6.07) is 4.67. The third-order valence-electron chi connectivity index (χ3n) is 4.10. The van der Waals surface area contributed by atoms with Gasteiger partial charge in [-0.3, -0.25) is 15.4 Å². The van der Waals surface area contributed by atoms with Crippen LogP contribution in [0.4, 0.5) is 5.69 Å². The quantitative estimate of drug-likeness (QED) is 0.541. The number of nitrogens with one attached hydrogen (secondary N) is 1. The molecule has 0 bridgehead atoms. The van der Waals surface area contributed by atoms with Gasteiger partial charge in [-0.25, -0.2) is 9.97 Å². The Bertz CT molecular complexity index is 900. The number of hydrogen-bond donors (Lipinski definition) is 1. The molecule has 1 aliphatic carbocycles. The molecule has 0 saturated heterocycles. The summed E-state index contributed by atoms with van der Waals surface area (Å²) in [5.41, 5.74) is 2.13. The van der Waals surface area contributed by atoms with E-state index in [0.29, 0.717) is 29.5 Å². The van der Waals surface area contributed by atoms with Crippen LogP contribution in [0, 0.1) is 23.0 Å². The molecule has 1 atom stereocenters. The molecule has 2 heterocycles. The lowest BCUT2D eigenvalue weighted by molar-refractivity contribution is -0.384. The molecule has 0 spiro atoms. The minimum absolute atomic E-state index is 0.0180. The van der Waals surface area contributed by atoms with E-state index in [1.807, 2.05) is 6.92 Å². The van der Waals surface area contributed by atoms with Crippen LogP contribution in [0.5, 0.6) is 0 Å². The van der Waals surface area contributed by atoms with Crippen LogP contribution in [0.25, 0.3) is 11.1 Å². The Morgan fingerprint density at radius 3 is 2.96 bits per heavy atom. The summed E-state index contributed by atoms with van der Waals surface area (Å²) in [5, 5.41) is 17.5. The molecule has 1 saturated carbocycles. The Morgan fingerprint density at radius 1 is 1.46 bits per heavy atom. The molecule has 1 aromatic carbocycles. The fourth-order valence-corrected chi connectivity index (χ4v) is 3.71. The summed E-state index contributed by atoms with van der Waals surface area (Å²) in [4.78, 5) is 19.3. The maximum atomic E-state index is 10.8. The maximum Gasteiger partial charge on any atom is 0.271 e. The normalized spacial score (nSPS) is 15.7. The van der Waals surface area contributed by atoms with Gasteiger partial charge in [0.05, 0.1) is 17.5 Å². The highest BCUT2D eigenvalue weighted by Crippen LogP contribution is 2.42. The van der Waals surface area contributed by atoms with Crippen molar-refractivity contribution < 1.29 is 9.34 Å². The van der Waals surface area contributed by atoms with Crippen LogP contribution >= 0.6 is 11.3 Å². The number of nitrogens with zero attached hydrogens (tertiary/aromatic N) is 3. The molecule has 1 N–H and O–H groups in total. The van der Waals surface area contributed by atoms with Gasteiger partial charge in [-0.1, -0.05) is 0 Å². The number of hydrogen-bond acceptors (Lipinski definition) is 7. The van der Waals surface area contributed by atoms with E-state index in [0.717, 1.165) is 10.7 Å². The van der Waals surface area contributed by atoms with Gasteiger partial charge in [-0.05, 0) is 31.7 Å². The number of aromatic nitrogens is 2. The van der Waals surface area contributed by atoms with Crippen LogP contribution in [-0.4, -0.2) is 14.9 Å². The minimum atomic E-state index is -0.431. The first-order valence-corrected chi connectivity index (χ1v) is 8.67. The zero-order chi connectivity index (χ0) is 16.7. The summed E-state index contributed by atoms with van der Waals surface area (Å²) < 4.78 is 5.68. The largest absolute Gasteiger partial charge is 0.439 e. The smallest absolute Gasteiger partial charge is 0.271 e. The van der Waals surface area contributed by atoms with Crippen LogP contribution in [-0.2, 0) is 6.54 Å². The second kappa shape index (κ2) is 5.95. The Balaban J connectivity index is 1.52. The lowest BCUT2D eigenvalue weighted by Crippen LogP contribution is -2.22. The number of nitro groups is 1. The van der Waals surface area contributed by atoms with E-state index in [4.69, 9.17) is 4.42 Å². The average molecular weight is 344 g/mol. The maximum absolute atomic E-state index is 10.8. The van der Waals surface area contributed by atoms with E-state index in [1.54, 1.807) is 17.4 Å². The fraction of sp³-hybridized carbons (Fsp3) is 0.375. The number of nitro benzene ring substituents is 1. The highest BCUT2D eigenvalue weighted by atomic mass is 32.1. The second-order valence-electron chi connectivity index (χ2n) is 6.04. The molecular formula is C16H16N4O3S. The molecule has 0 radical (unpaired) electrons. The van der Waals surface area contributed by atoms with Crippen molar-refractivity contribution in [3.05, 3.63) is 50.3 Å². The van der Waals surface area contributed by atoms with Crippen molar-refractivity contribution in [1.82, 2.24) is 15.3 Å². The molecule has 0 amide bonds. The van der Waals surface area contributed by atoms with Crippen molar-refractivity contribution in [2.45, 2.75) is 32.4 Å². The van der Waals surface area contributed by atoms with Crippen molar-refractivity contribution >= 4 is 28.1 Å². The Kier molecular flexibility index (Phi) is 3.78. The topological polar surface area (TPSA) is 94.1 Å². The number of oxazole rings is 1. The van der Waals surface area contributed by atoms with Gasteiger partial charge in [-0.2, -0.15) is 0 Å². The zero-order valence-corrected chi connectivity index (χ0v) is 13.9. The van der Waals surface area contributed by atoms with E-state index in [-0.39, 0.29) is 11.7 Å². The van der Waals surface area contributed by atoms with Crippen molar-refractivity contribution in [3.63, 3.8) is 0 Å². The van der Waals surface area contributed by atoms with E-state index >= 15 is 0 Å². The number of thiazole rings is 1. The first-order chi connectivity index (χ1) is 11.6. The SMILES string of the molecule is Cc1csc([C@H](NCc2nc3cc([N+](=O)[O-])ccc3o2)C2CC2)n1. The van der Waals surface area contributed by atoms with Crippen LogP contribution in [0.1, 0.15) is 35.5 Å². The predicted molar refractivity (Wildman–Crippen MR) is 89.8 cm³/mol. The molecule has 8 heteroatoms. The molecule has 124 valence electrons. The van der Waals surface area contributed by atoms with Gasteiger partial charge < -0.3 is 4.42 Å². The summed E-state index contributed by atoms with van der Waals surface area (Å²) in [6.07, 6.45) is 2.41.